The molecular weight excluding hydrogens is 641 g/mol. The van der Waals surface area contributed by atoms with Crippen LogP contribution in [-0.2, 0) is 0 Å². The Balaban J connectivity index is 1.15. The van der Waals surface area contributed by atoms with Gasteiger partial charge in [-0.2, -0.15) is 0 Å². The number of fused-ring (bicyclic) bond motifs is 7. The maximum atomic E-state index is 6.14. The predicted molar refractivity (Wildman–Crippen MR) is 225 cm³/mol. The fourth-order valence-electron chi connectivity index (χ4n) is 8.45. The molecule has 0 atom stereocenters. The molecule has 10 aromatic carbocycles. The normalized spacial score (nSPS) is 11.8. The first kappa shape index (κ1) is 29.7. The molecule has 1 aromatic heterocycles. The average Bonchev–Trinajstić information content (AvgIpc) is 3.60. The van der Waals surface area contributed by atoms with Crippen LogP contribution in [-0.4, -0.2) is 0 Å². The van der Waals surface area contributed by atoms with E-state index in [1.807, 2.05) is 12.1 Å². The molecule has 0 amide bonds. The van der Waals surface area contributed by atoms with Crippen LogP contribution < -0.4 is 0 Å². The monoisotopic (exact) mass is 672 g/mol. The van der Waals surface area contributed by atoms with Crippen LogP contribution in [0.3, 0.4) is 0 Å². The largest absolute Gasteiger partial charge is 0.456 e. The standard InChI is InChI=1S/C52H32O/c1-3-12-35-29-41(22-20-33(35)10-1)51-44-17-5-6-18-45(44)52(42-23-21-34-11-2-4-13-36(34)30-42)48-32-39(24-26-46(48)51)37-14-9-15-38(28-37)40-25-27-50-47(31-40)43-16-7-8-19-49(43)53-50/h1-32H. The molecule has 0 spiro atoms. The Bertz CT molecular complexity index is 3230. The van der Waals surface area contributed by atoms with Crippen LogP contribution in [0, 0.1) is 0 Å². The van der Waals surface area contributed by atoms with Crippen LogP contribution in [0.5, 0.6) is 0 Å². The summed E-state index contributed by atoms with van der Waals surface area (Å²) in [5.74, 6) is 0. The highest BCUT2D eigenvalue weighted by molar-refractivity contribution is 6.22. The molecule has 0 fully saturated rings. The molecule has 0 N–H and O–H groups in total. The lowest BCUT2D eigenvalue weighted by Crippen LogP contribution is -1.92. The van der Waals surface area contributed by atoms with E-state index in [1.54, 1.807) is 0 Å². The Morgan fingerprint density at radius 2 is 0.679 bits per heavy atom. The number of furan rings is 1. The van der Waals surface area contributed by atoms with Crippen LogP contribution in [0.15, 0.2) is 199 Å². The molecule has 0 aliphatic heterocycles. The van der Waals surface area contributed by atoms with E-state index in [2.05, 4.69) is 182 Å². The number of para-hydroxylation sites is 1. The second kappa shape index (κ2) is 11.8. The van der Waals surface area contributed by atoms with Gasteiger partial charge < -0.3 is 4.42 Å². The predicted octanol–water partition coefficient (Wildman–Crippen LogP) is 14.9. The molecule has 1 heterocycles. The summed E-state index contributed by atoms with van der Waals surface area (Å²) < 4.78 is 6.14. The topological polar surface area (TPSA) is 13.1 Å². The fourth-order valence-corrected chi connectivity index (χ4v) is 8.45. The maximum Gasteiger partial charge on any atom is 0.135 e. The molecule has 0 saturated heterocycles. The zero-order valence-corrected chi connectivity index (χ0v) is 28.9. The van der Waals surface area contributed by atoms with E-state index < -0.39 is 0 Å². The number of benzene rings is 10. The minimum Gasteiger partial charge on any atom is -0.456 e. The lowest BCUT2D eigenvalue weighted by Gasteiger charge is -2.19. The molecule has 11 rings (SSSR count). The van der Waals surface area contributed by atoms with Gasteiger partial charge in [-0.25, -0.2) is 0 Å². The summed E-state index contributed by atoms with van der Waals surface area (Å²) in [7, 11) is 0. The van der Waals surface area contributed by atoms with Crippen molar-refractivity contribution in [2.24, 2.45) is 0 Å². The summed E-state index contributed by atoms with van der Waals surface area (Å²) in [6.45, 7) is 0. The molecule has 53 heavy (non-hydrogen) atoms. The fraction of sp³-hybridized carbons (Fsp3) is 0. The van der Waals surface area contributed by atoms with Crippen molar-refractivity contribution in [2.45, 2.75) is 0 Å². The van der Waals surface area contributed by atoms with E-state index in [-0.39, 0.29) is 0 Å². The average molecular weight is 673 g/mol. The summed E-state index contributed by atoms with van der Waals surface area (Å²) in [5.41, 5.74) is 11.6. The van der Waals surface area contributed by atoms with E-state index in [0.29, 0.717) is 0 Å². The zero-order chi connectivity index (χ0) is 34.9. The van der Waals surface area contributed by atoms with Gasteiger partial charge in [0.1, 0.15) is 11.2 Å². The molecule has 0 aliphatic rings. The minimum atomic E-state index is 0.913. The molecule has 1 nitrogen and oxygen atoms in total. The van der Waals surface area contributed by atoms with Crippen molar-refractivity contribution in [3.63, 3.8) is 0 Å². The molecule has 0 unspecified atom stereocenters. The van der Waals surface area contributed by atoms with Crippen molar-refractivity contribution >= 4 is 65.0 Å². The van der Waals surface area contributed by atoms with Crippen molar-refractivity contribution in [2.75, 3.05) is 0 Å². The zero-order valence-electron chi connectivity index (χ0n) is 28.9. The van der Waals surface area contributed by atoms with Crippen LogP contribution >= 0.6 is 0 Å². The van der Waals surface area contributed by atoms with Gasteiger partial charge in [-0.3, -0.25) is 0 Å². The molecule has 0 radical (unpaired) electrons. The first-order chi connectivity index (χ1) is 26.2. The Morgan fingerprint density at radius 3 is 1.34 bits per heavy atom. The molecule has 0 saturated carbocycles. The third-order valence-electron chi connectivity index (χ3n) is 11.0. The maximum absolute atomic E-state index is 6.14. The van der Waals surface area contributed by atoms with Gasteiger partial charge >= 0.3 is 0 Å². The first-order valence-corrected chi connectivity index (χ1v) is 18.2. The van der Waals surface area contributed by atoms with Crippen LogP contribution in [0.25, 0.3) is 110 Å². The Labute approximate surface area is 307 Å². The highest BCUT2D eigenvalue weighted by Gasteiger charge is 2.18. The van der Waals surface area contributed by atoms with Gasteiger partial charge in [0.15, 0.2) is 0 Å². The van der Waals surface area contributed by atoms with Gasteiger partial charge in [0.25, 0.3) is 0 Å². The second-order valence-electron chi connectivity index (χ2n) is 14.1. The van der Waals surface area contributed by atoms with E-state index >= 15 is 0 Å². The number of hydrogen-bond acceptors (Lipinski definition) is 1. The molecule has 246 valence electrons. The van der Waals surface area contributed by atoms with Crippen molar-refractivity contribution in [1.29, 1.82) is 0 Å². The van der Waals surface area contributed by atoms with Gasteiger partial charge in [-0.1, -0.05) is 152 Å². The van der Waals surface area contributed by atoms with E-state index in [0.717, 1.165) is 21.9 Å². The van der Waals surface area contributed by atoms with Crippen molar-refractivity contribution in [1.82, 2.24) is 0 Å². The summed E-state index contributed by atoms with van der Waals surface area (Å²) >= 11 is 0. The van der Waals surface area contributed by atoms with E-state index in [1.165, 1.54) is 87.6 Å². The van der Waals surface area contributed by atoms with Gasteiger partial charge in [0.2, 0.25) is 0 Å². The summed E-state index contributed by atoms with van der Waals surface area (Å²) in [5, 5.41) is 12.3. The van der Waals surface area contributed by atoms with Gasteiger partial charge in [-0.05, 0) is 130 Å². The third kappa shape index (κ3) is 4.86. The van der Waals surface area contributed by atoms with Gasteiger partial charge in [0.05, 0.1) is 0 Å². The van der Waals surface area contributed by atoms with Gasteiger partial charge in [0, 0.05) is 10.8 Å². The lowest BCUT2D eigenvalue weighted by molar-refractivity contribution is 0.669. The van der Waals surface area contributed by atoms with Crippen LogP contribution in [0.1, 0.15) is 0 Å². The Hall–Kier alpha value is -6.96. The third-order valence-corrected chi connectivity index (χ3v) is 11.0. The van der Waals surface area contributed by atoms with Gasteiger partial charge in [-0.15, -0.1) is 0 Å². The summed E-state index contributed by atoms with van der Waals surface area (Å²) in [4.78, 5) is 0. The smallest absolute Gasteiger partial charge is 0.135 e. The minimum absolute atomic E-state index is 0.913. The van der Waals surface area contributed by atoms with Crippen molar-refractivity contribution in [3.05, 3.63) is 194 Å². The molecule has 0 bridgehead atoms. The summed E-state index contributed by atoms with van der Waals surface area (Å²) in [6.07, 6.45) is 0. The van der Waals surface area contributed by atoms with E-state index in [4.69, 9.17) is 4.42 Å². The lowest BCUT2D eigenvalue weighted by atomic mass is 9.84. The van der Waals surface area contributed by atoms with Crippen molar-refractivity contribution in [3.8, 4) is 44.5 Å². The molecule has 0 aliphatic carbocycles. The second-order valence-corrected chi connectivity index (χ2v) is 14.1. The van der Waals surface area contributed by atoms with Crippen molar-refractivity contribution < 1.29 is 4.42 Å². The Kier molecular flexibility index (Phi) is 6.62. The summed E-state index contributed by atoms with van der Waals surface area (Å²) in [6, 6.07) is 70.9. The SMILES string of the molecule is c1cc(-c2ccc3c(-c4ccc5ccccc5c4)c4ccccc4c(-c4ccc5ccccc5c4)c3c2)cc(-c2ccc3oc4ccccc4c3c2)c1. The highest BCUT2D eigenvalue weighted by Crippen LogP contribution is 2.46. The van der Waals surface area contributed by atoms with E-state index in [9.17, 15) is 0 Å². The molecule has 11 aromatic rings. The molecule has 1 heteroatoms. The van der Waals surface area contributed by atoms with Crippen LogP contribution in [0.2, 0.25) is 0 Å². The quantitative estimate of drug-likeness (QED) is 0.170. The Morgan fingerprint density at radius 1 is 0.226 bits per heavy atom. The highest BCUT2D eigenvalue weighted by atomic mass is 16.3. The number of rotatable bonds is 4. The first-order valence-electron chi connectivity index (χ1n) is 18.2. The number of hydrogen-bond donors (Lipinski definition) is 0. The van der Waals surface area contributed by atoms with Crippen LogP contribution in [0.4, 0.5) is 0 Å². The molecular formula is C52H32O.